The van der Waals surface area contributed by atoms with Gasteiger partial charge in [-0.2, -0.15) is 0 Å². The van der Waals surface area contributed by atoms with Gasteiger partial charge in [-0.1, -0.05) is 60.7 Å². The summed E-state index contributed by atoms with van der Waals surface area (Å²) in [6.07, 6.45) is -0.604. The number of aliphatic hydroxyl groups is 2. The largest absolute Gasteiger partial charge is 0.390 e. The molecule has 0 amide bonds. The Balaban J connectivity index is 1.72. The van der Waals surface area contributed by atoms with Crippen LogP contribution in [-0.2, 0) is 6.42 Å². The van der Waals surface area contributed by atoms with Crippen LogP contribution in [0.1, 0.15) is 17.2 Å². The fraction of sp³-hybridized carbons (Fsp3) is 0.333. The second-order valence-corrected chi connectivity index (χ2v) is 5.51. The molecule has 0 aromatic heterocycles. The summed E-state index contributed by atoms with van der Waals surface area (Å²) < 4.78 is 0. The second kappa shape index (κ2) is 8.66. The zero-order chi connectivity index (χ0) is 15.8. The van der Waals surface area contributed by atoms with Crippen LogP contribution in [0.25, 0.3) is 0 Å². The Morgan fingerprint density at radius 1 is 0.864 bits per heavy atom. The molecule has 22 heavy (non-hydrogen) atoms. The first kappa shape index (κ1) is 16.6. The number of nitrogens with two attached hydrogens (primary N) is 1. The summed E-state index contributed by atoms with van der Waals surface area (Å²) in [5.74, 6) is 0. The van der Waals surface area contributed by atoms with E-state index in [0.29, 0.717) is 19.5 Å². The van der Waals surface area contributed by atoms with Gasteiger partial charge in [0.15, 0.2) is 0 Å². The number of nitrogens with one attached hydrogen (secondary N) is 1. The van der Waals surface area contributed by atoms with Gasteiger partial charge in [0.05, 0.1) is 12.2 Å². The van der Waals surface area contributed by atoms with E-state index < -0.39 is 12.2 Å². The predicted octanol–water partition coefficient (Wildman–Crippen LogP) is 1.24. The molecular weight excluding hydrogens is 276 g/mol. The van der Waals surface area contributed by atoms with Gasteiger partial charge < -0.3 is 21.3 Å². The molecular formula is C18H24N2O2. The molecule has 3 atom stereocenters. The van der Waals surface area contributed by atoms with Crippen molar-refractivity contribution < 1.29 is 10.2 Å². The highest BCUT2D eigenvalue weighted by atomic mass is 16.3. The smallest absolute Gasteiger partial charge is 0.0914 e. The van der Waals surface area contributed by atoms with Gasteiger partial charge in [0, 0.05) is 19.1 Å². The third kappa shape index (κ3) is 5.24. The predicted molar refractivity (Wildman–Crippen MR) is 88.4 cm³/mol. The van der Waals surface area contributed by atoms with Gasteiger partial charge in [-0.05, 0) is 17.5 Å². The number of benzene rings is 2. The topological polar surface area (TPSA) is 78.5 Å². The molecule has 0 aliphatic rings. The van der Waals surface area contributed by atoms with Crippen LogP contribution in [-0.4, -0.2) is 35.4 Å². The summed E-state index contributed by atoms with van der Waals surface area (Å²) in [5.41, 5.74) is 7.99. The van der Waals surface area contributed by atoms with E-state index in [4.69, 9.17) is 5.73 Å². The lowest BCUT2D eigenvalue weighted by molar-refractivity contribution is 0.127. The van der Waals surface area contributed by atoms with Crippen LogP contribution in [0, 0.1) is 0 Å². The molecule has 3 unspecified atom stereocenters. The van der Waals surface area contributed by atoms with E-state index in [9.17, 15) is 10.2 Å². The van der Waals surface area contributed by atoms with Gasteiger partial charge in [0.25, 0.3) is 0 Å². The molecule has 0 aliphatic heterocycles. The van der Waals surface area contributed by atoms with Gasteiger partial charge >= 0.3 is 0 Å². The van der Waals surface area contributed by atoms with Crippen molar-refractivity contribution in [1.29, 1.82) is 0 Å². The molecule has 5 N–H and O–H groups in total. The van der Waals surface area contributed by atoms with E-state index >= 15 is 0 Å². The van der Waals surface area contributed by atoms with Crippen LogP contribution in [0.3, 0.4) is 0 Å². The minimum absolute atomic E-state index is 0.330. The maximum atomic E-state index is 10.1. The first-order chi connectivity index (χ1) is 10.7. The number of rotatable bonds is 8. The second-order valence-electron chi connectivity index (χ2n) is 5.51. The normalized spacial score (nSPS) is 15.2. The summed E-state index contributed by atoms with van der Waals surface area (Å²) in [4.78, 5) is 0. The maximum absolute atomic E-state index is 10.1. The van der Waals surface area contributed by atoms with Crippen LogP contribution in [0.2, 0.25) is 0 Å². The molecule has 0 heterocycles. The molecule has 0 saturated carbocycles. The van der Waals surface area contributed by atoms with Crippen LogP contribution in [0.15, 0.2) is 60.7 Å². The Bertz CT molecular complexity index is 533. The Morgan fingerprint density at radius 3 is 2.09 bits per heavy atom. The summed E-state index contributed by atoms with van der Waals surface area (Å²) in [5, 5.41) is 23.2. The lowest BCUT2D eigenvalue weighted by atomic mass is 10.0. The van der Waals surface area contributed by atoms with Gasteiger partial charge in [-0.3, -0.25) is 0 Å². The quantitative estimate of drug-likeness (QED) is 0.591. The molecule has 4 heteroatoms. The van der Waals surface area contributed by atoms with E-state index in [-0.39, 0.29) is 6.04 Å². The third-order valence-electron chi connectivity index (χ3n) is 3.68. The van der Waals surface area contributed by atoms with E-state index in [1.165, 1.54) is 0 Å². The van der Waals surface area contributed by atoms with Crippen molar-refractivity contribution in [3.05, 3.63) is 71.8 Å². The highest BCUT2D eigenvalue weighted by molar-refractivity contribution is 5.18. The number of hydrogen-bond acceptors (Lipinski definition) is 4. The van der Waals surface area contributed by atoms with Crippen molar-refractivity contribution >= 4 is 0 Å². The van der Waals surface area contributed by atoms with Crippen molar-refractivity contribution in [2.45, 2.75) is 24.7 Å². The van der Waals surface area contributed by atoms with Gasteiger partial charge in [0.2, 0.25) is 0 Å². The maximum Gasteiger partial charge on any atom is 0.0914 e. The Hall–Kier alpha value is -1.72. The fourth-order valence-corrected chi connectivity index (χ4v) is 2.33. The minimum Gasteiger partial charge on any atom is -0.390 e. The zero-order valence-electron chi connectivity index (χ0n) is 12.6. The van der Waals surface area contributed by atoms with Crippen molar-refractivity contribution in [3.63, 3.8) is 0 Å². The first-order valence-corrected chi connectivity index (χ1v) is 7.58. The van der Waals surface area contributed by atoms with E-state index in [2.05, 4.69) is 5.32 Å². The highest BCUT2D eigenvalue weighted by Gasteiger charge is 2.15. The lowest BCUT2D eigenvalue weighted by Gasteiger charge is -2.20. The summed E-state index contributed by atoms with van der Waals surface area (Å²) in [6.45, 7) is 0.747. The van der Waals surface area contributed by atoms with Crippen molar-refractivity contribution in [2.75, 3.05) is 13.1 Å². The SMILES string of the molecule is NC(Cc1ccccc1)C(O)CNCC(O)c1ccccc1. The molecule has 0 spiro atoms. The molecule has 0 saturated heterocycles. The zero-order valence-corrected chi connectivity index (χ0v) is 12.6. The average Bonchev–Trinajstić information content (AvgIpc) is 2.56. The molecule has 2 aromatic rings. The fourth-order valence-electron chi connectivity index (χ4n) is 2.33. The van der Waals surface area contributed by atoms with Crippen LogP contribution >= 0.6 is 0 Å². The van der Waals surface area contributed by atoms with Crippen molar-refractivity contribution in [1.82, 2.24) is 5.32 Å². The van der Waals surface area contributed by atoms with Crippen LogP contribution in [0.4, 0.5) is 0 Å². The van der Waals surface area contributed by atoms with Crippen molar-refractivity contribution in [3.8, 4) is 0 Å². The average molecular weight is 300 g/mol. The van der Waals surface area contributed by atoms with E-state index in [1.54, 1.807) is 0 Å². The van der Waals surface area contributed by atoms with Crippen LogP contribution < -0.4 is 11.1 Å². The number of hydrogen-bond donors (Lipinski definition) is 4. The summed E-state index contributed by atoms with van der Waals surface area (Å²) in [6, 6.07) is 19.0. The number of aliphatic hydroxyl groups excluding tert-OH is 2. The lowest BCUT2D eigenvalue weighted by Crippen LogP contribution is -2.43. The third-order valence-corrected chi connectivity index (χ3v) is 3.68. The van der Waals surface area contributed by atoms with E-state index in [1.807, 2.05) is 60.7 Å². The summed E-state index contributed by atoms with van der Waals surface area (Å²) >= 11 is 0. The standard InChI is InChI=1S/C18H24N2O2/c19-16(11-14-7-3-1-4-8-14)18(22)13-20-12-17(21)15-9-5-2-6-10-15/h1-10,16-18,20-22H,11-13,19H2. The Morgan fingerprint density at radius 2 is 1.45 bits per heavy atom. The Kier molecular flexibility index (Phi) is 6.55. The van der Waals surface area contributed by atoms with Gasteiger partial charge in [0.1, 0.15) is 0 Å². The molecule has 0 bridgehead atoms. The molecule has 4 nitrogen and oxygen atoms in total. The molecule has 0 fully saturated rings. The Labute approximate surface area is 131 Å². The first-order valence-electron chi connectivity index (χ1n) is 7.58. The van der Waals surface area contributed by atoms with Crippen LogP contribution in [0.5, 0.6) is 0 Å². The van der Waals surface area contributed by atoms with Gasteiger partial charge in [-0.25, -0.2) is 0 Å². The molecule has 118 valence electrons. The van der Waals surface area contributed by atoms with Gasteiger partial charge in [-0.15, -0.1) is 0 Å². The molecule has 2 rings (SSSR count). The minimum atomic E-state index is -0.650. The molecule has 2 aromatic carbocycles. The summed E-state index contributed by atoms with van der Waals surface area (Å²) in [7, 11) is 0. The molecule has 0 radical (unpaired) electrons. The molecule has 0 aliphatic carbocycles. The van der Waals surface area contributed by atoms with E-state index in [0.717, 1.165) is 11.1 Å². The highest BCUT2D eigenvalue weighted by Crippen LogP contribution is 2.10. The van der Waals surface area contributed by atoms with Crippen molar-refractivity contribution in [2.24, 2.45) is 5.73 Å². The monoisotopic (exact) mass is 300 g/mol.